The fourth-order valence-corrected chi connectivity index (χ4v) is 6.47. The second kappa shape index (κ2) is 6.04. The Morgan fingerprint density at radius 3 is 2.33 bits per heavy atom. The molecule has 4 saturated carbocycles. The van der Waals surface area contributed by atoms with Crippen LogP contribution in [0.2, 0.25) is 0 Å². The first-order valence-electron chi connectivity index (χ1n) is 9.32. The van der Waals surface area contributed by atoms with Gasteiger partial charge in [0.25, 0.3) is 0 Å². The van der Waals surface area contributed by atoms with Crippen LogP contribution in [0.1, 0.15) is 65.3 Å². The molecule has 0 spiro atoms. The maximum absolute atomic E-state index is 12.8. The van der Waals surface area contributed by atoms with Gasteiger partial charge in [-0.25, -0.2) is 0 Å². The largest absolute Gasteiger partial charge is 0.350 e. The lowest BCUT2D eigenvalue weighted by atomic mass is 9.53. The maximum atomic E-state index is 12.8. The molecule has 1 amide bonds. The van der Waals surface area contributed by atoms with Crippen LogP contribution >= 0.6 is 11.8 Å². The van der Waals surface area contributed by atoms with Gasteiger partial charge in [0, 0.05) is 11.6 Å². The van der Waals surface area contributed by atoms with Crippen molar-refractivity contribution in [2.75, 3.05) is 0 Å². The SMILES string of the molecule is CC(C)n1cnnc1S[C@@H](C)C(=O)NC12CC3CC(CC(C3)C1)C2. The first-order valence-corrected chi connectivity index (χ1v) is 10.2. The van der Waals surface area contributed by atoms with Gasteiger partial charge in [0.2, 0.25) is 5.91 Å². The summed E-state index contributed by atoms with van der Waals surface area (Å²) in [5.74, 6) is 2.72. The van der Waals surface area contributed by atoms with Crippen molar-refractivity contribution in [3.8, 4) is 0 Å². The van der Waals surface area contributed by atoms with Gasteiger partial charge in [-0.1, -0.05) is 11.8 Å². The standard InChI is InChI=1S/C18H28N4OS/c1-11(2)22-10-19-21-17(22)24-12(3)16(23)20-18-7-13-4-14(8-18)6-15(5-13)9-18/h10-15H,4-9H2,1-3H3,(H,20,23)/t12-,13?,14?,15?,18?/m0/s1. The van der Waals surface area contributed by atoms with Crippen LogP contribution in [-0.2, 0) is 4.79 Å². The summed E-state index contributed by atoms with van der Waals surface area (Å²) in [5.41, 5.74) is 0.0897. The Balaban J connectivity index is 1.42. The van der Waals surface area contributed by atoms with E-state index in [9.17, 15) is 4.79 Å². The summed E-state index contributed by atoms with van der Waals surface area (Å²) < 4.78 is 2.03. The second-order valence-corrected chi connectivity index (χ2v) is 9.87. The number of carbonyl (C=O) groups is 1. The van der Waals surface area contributed by atoms with E-state index in [2.05, 4.69) is 29.4 Å². The van der Waals surface area contributed by atoms with Crippen LogP contribution < -0.4 is 5.32 Å². The number of aromatic nitrogens is 3. The lowest BCUT2D eigenvalue weighted by Crippen LogP contribution is -2.60. The van der Waals surface area contributed by atoms with Crippen molar-refractivity contribution in [1.29, 1.82) is 0 Å². The Bertz CT molecular complexity index is 591. The zero-order valence-corrected chi connectivity index (χ0v) is 15.7. The van der Waals surface area contributed by atoms with Gasteiger partial charge in [-0.15, -0.1) is 10.2 Å². The number of nitrogens with zero attached hydrogens (tertiary/aromatic N) is 3. The smallest absolute Gasteiger partial charge is 0.233 e. The van der Waals surface area contributed by atoms with Crippen molar-refractivity contribution >= 4 is 17.7 Å². The van der Waals surface area contributed by atoms with Crippen molar-refractivity contribution < 1.29 is 4.79 Å². The van der Waals surface area contributed by atoms with Crippen molar-refractivity contribution in [1.82, 2.24) is 20.1 Å². The minimum Gasteiger partial charge on any atom is -0.350 e. The van der Waals surface area contributed by atoms with Gasteiger partial charge >= 0.3 is 0 Å². The highest BCUT2D eigenvalue weighted by atomic mass is 32.2. The van der Waals surface area contributed by atoms with Gasteiger partial charge in [-0.3, -0.25) is 4.79 Å². The molecule has 4 bridgehead atoms. The van der Waals surface area contributed by atoms with E-state index >= 15 is 0 Å². The van der Waals surface area contributed by atoms with Crippen LogP contribution in [0, 0.1) is 17.8 Å². The number of amides is 1. The zero-order valence-electron chi connectivity index (χ0n) is 14.9. The Hall–Kier alpha value is -1.04. The molecule has 0 radical (unpaired) electrons. The van der Waals surface area contributed by atoms with E-state index in [0.29, 0.717) is 6.04 Å². The van der Waals surface area contributed by atoms with Gasteiger partial charge in [0.15, 0.2) is 5.16 Å². The first kappa shape index (κ1) is 16.4. The molecule has 1 aromatic heterocycles. The van der Waals surface area contributed by atoms with Crippen molar-refractivity contribution in [3.63, 3.8) is 0 Å². The number of hydrogen-bond donors (Lipinski definition) is 1. The highest BCUT2D eigenvalue weighted by molar-refractivity contribution is 8.00. The molecule has 0 aliphatic heterocycles. The quantitative estimate of drug-likeness (QED) is 0.828. The second-order valence-electron chi connectivity index (χ2n) is 8.56. The molecule has 132 valence electrons. The predicted molar refractivity (Wildman–Crippen MR) is 94.8 cm³/mol. The first-order chi connectivity index (χ1) is 11.4. The van der Waals surface area contributed by atoms with E-state index in [4.69, 9.17) is 0 Å². The number of hydrogen-bond acceptors (Lipinski definition) is 4. The predicted octanol–water partition coefficient (Wildman–Crippen LogP) is 3.42. The Morgan fingerprint density at radius 2 is 1.79 bits per heavy atom. The number of carbonyl (C=O) groups excluding carboxylic acids is 1. The van der Waals surface area contributed by atoms with E-state index in [1.54, 1.807) is 6.33 Å². The molecule has 1 N–H and O–H groups in total. The molecule has 6 heteroatoms. The van der Waals surface area contributed by atoms with Crippen LogP contribution in [0.5, 0.6) is 0 Å². The average Bonchev–Trinajstić information content (AvgIpc) is 2.93. The lowest BCUT2D eigenvalue weighted by molar-refractivity contribution is -0.126. The fraction of sp³-hybridized carbons (Fsp3) is 0.833. The molecule has 0 unspecified atom stereocenters. The van der Waals surface area contributed by atoms with E-state index < -0.39 is 0 Å². The summed E-state index contributed by atoms with van der Waals surface area (Å²) in [6, 6.07) is 0.306. The van der Waals surface area contributed by atoms with Gasteiger partial charge in [-0.2, -0.15) is 0 Å². The monoisotopic (exact) mass is 348 g/mol. The van der Waals surface area contributed by atoms with Gasteiger partial charge in [0.1, 0.15) is 6.33 Å². The van der Waals surface area contributed by atoms with E-state index in [-0.39, 0.29) is 16.7 Å². The van der Waals surface area contributed by atoms with Crippen LogP contribution in [0.25, 0.3) is 0 Å². The molecule has 1 heterocycles. The minimum atomic E-state index is -0.139. The lowest BCUT2D eigenvalue weighted by Gasteiger charge is -2.57. The molecule has 4 fully saturated rings. The zero-order chi connectivity index (χ0) is 16.9. The van der Waals surface area contributed by atoms with Crippen molar-refractivity contribution in [2.24, 2.45) is 17.8 Å². The summed E-state index contributed by atoms with van der Waals surface area (Å²) in [6.45, 7) is 6.20. The van der Waals surface area contributed by atoms with Crippen molar-refractivity contribution in [3.05, 3.63) is 6.33 Å². The molecule has 4 aliphatic carbocycles. The maximum Gasteiger partial charge on any atom is 0.233 e. The Kier molecular flexibility index (Phi) is 4.14. The van der Waals surface area contributed by atoms with Crippen LogP contribution in [0.3, 0.4) is 0 Å². The van der Waals surface area contributed by atoms with Gasteiger partial charge in [-0.05, 0) is 77.0 Å². The third kappa shape index (κ3) is 2.98. The summed E-state index contributed by atoms with van der Waals surface area (Å²) in [6.07, 6.45) is 9.54. The molecule has 1 aromatic rings. The molecule has 24 heavy (non-hydrogen) atoms. The molecule has 0 aromatic carbocycles. The van der Waals surface area contributed by atoms with E-state index in [1.165, 1.54) is 50.3 Å². The minimum absolute atomic E-state index is 0.0897. The van der Waals surface area contributed by atoms with E-state index in [0.717, 1.165) is 22.9 Å². The normalized spacial score (nSPS) is 35.4. The number of thioether (sulfide) groups is 1. The molecule has 5 nitrogen and oxygen atoms in total. The third-order valence-electron chi connectivity index (χ3n) is 6.17. The molecular formula is C18H28N4OS. The number of nitrogens with one attached hydrogen (secondary N) is 1. The summed E-state index contributed by atoms with van der Waals surface area (Å²) in [5, 5.41) is 12.3. The molecule has 0 saturated heterocycles. The summed E-state index contributed by atoms with van der Waals surface area (Å²) in [4.78, 5) is 12.8. The Morgan fingerprint density at radius 1 is 1.21 bits per heavy atom. The van der Waals surface area contributed by atoms with Crippen LogP contribution in [0.15, 0.2) is 11.5 Å². The molecule has 5 rings (SSSR count). The topological polar surface area (TPSA) is 59.8 Å². The fourth-order valence-electron chi connectivity index (χ4n) is 5.51. The van der Waals surface area contributed by atoms with Gasteiger partial charge in [0.05, 0.1) is 5.25 Å². The summed E-state index contributed by atoms with van der Waals surface area (Å²) >= 11 is 1.52. The highest BCUT2D eigenvalue weighted by Crippen LogP contribution is 2.55. The molecule has 1 atom stereocenters. The van der Waals surface area contributed by atoms with Crippen LogP contribution in [0.4, 0.5) is 0 Å². The van der Waals surface area contributed by atoms with Crippen molar-refractivity contribution in [2.45, 2.75) is 81.3 Å². The Labute approximate surface area is 148 Å². The highest BCUT2D eigenvalue weighted by Gasteiger charge is 2.51. The third-order valence-corrected chi connectivity index (χ3v) is 7.25. The molecular weight excluding hydrogens is 320 g/mol. The van der Waals surface area contributed by atoms with Crippen LogP contribution in [-0.4, -0.2) is 31.5 Å². The number of rotatable bonds is 5. The van der Waals surface area contributed by atoms with Gasteiger partial charge < -0.3 is 9.88 Å². The summed E-state index contributed by atoms with van der Waals surface area (Å²) in [7, 11) is 0. The average molecular weight is 349 g/mol. The van der Waals surface area contributed by atoms with E-state index in [1.807, 2.05) is 11.5 Å². The molecule has 4 aliphatic rings.